The molecule has 8 nitrogen and oxygen atoms in total. The Hall–Kier alpha value is -1.88. The molecule has 0 aliphatic carbocycles. The SMILES string of the molecule is CN=C(NCc1nnc2n1CCC2)N1CCN(Cc2ccc(Cl)cc2)C(=O)C1.I. The van der Waals surface area contributed by atoms with Gasteiger partial charge in [-0.05, 0) is 24.1 Å². The standard InChI is InChI=1S/C19H24ClN7O.HI/c1-21-19(22-11-17-24-23-16-3-2-8-27(16)17)26-10-9-25(18(28)13-26)12-14-4-6-15(20)7-5-14;/h4-7H,2-3,8-13H2,1H3,(H,21,22);1H. The molecule has 1 fully saturated rings. The van der Waals surface area contributed by atoms with Crippen molar-refractivity contribution in [2.24, 2.45) is 4.99 Å². The monoisotopic (exact) mass is 529 g/mol. The Labute approximate surface area is 192 Å². The molecule has 0 atom stereocenters. The van der Waals surface area contributed by atoms with Crippen LogP contribution in [0.3, 0.4) is 0 Å². The first-order valence-corrected chi connectivity index (χ1v) is 9.90. The van der Waals surface area contributed by atoms with Crippen molar-refractivity contribution in [1.82, 2.24) is 29.9 Å². The van der Waals surface area contributed by atoms with Crippen LogP contribution in [0, 0.1) is 0 Å². The van der Waals surface area contributed by atoms with Gasteiger partial charge < -0.3 is 19.7 Å². The average molecular weight is 530 g/mol. The highest BCUT2D eigenvalue weighted by atomic mass is 127. The van der Waals surface area contributed by atoms with Crippen molar-refractivity contribution in [3.8, 4) is 0 Å². The minimum absolute atomic E-state index is 0. The zero-order valence-electron chi connectivity index (χ0n) is 16.3. The molecule has 0 saturated carbocycles. The normalized spacial score (nSPS) is 16.6. The summed E-state index contributed by atoms with van der Waals surface area (Å²) in [6.45, 7) is 3.82. The second-order valence-electron chi connectivity index (χ2n) is 7.05. The Morgan fingerprint density at radius 1 is 1.21 bits per heavy atom. The van der Waals surface area contributed by atoms with Gasteiger partial charge in [0.2, 0.25) is 5.91 Å². The van der Waals surface area contributed by atoms with Crippen LogP contribution in [0.5, 0.6) is 0 Å². The predicted molar refractivity (Wildman–Crippen MR) is 122 cm³/mol. The van der Waals surface area contributed by atoms with E-state index in [9.17, 15) is 4.79 Å². The van der Waals surface area contributed by atoms with Crippen LogP contribution in [0.1, 0.15) is 23.6 Å². The van der Waals surface area contributed by atoms with E-state index in [1.54, 1.807) is 7.05 Å². The maximum absolute atomic E-state index is 12.6. The topological polar surface area (TPSA) is 78.7 Å². The van der Waals surface area contributed by atoms with Crippen molar-refractivity contribution < 1.29 is 4.79 Å². The largest absolute Gasteiger partial charge is 0.349 e. The third kappa shape index (κ3) is 5.00. The molecule has 2 aliphatic heterocycles. The van der Waals surface area contributed by atoms with Crippen LogP contribution < -0.4 is 5.32 Å². The van der Waals surface area contributed by atoms with Crippen molar-refractivity contribution >= 4 is 47.4 Å². The third-order valence-electron chi connectivity index (χ3n) is 5.21. The average Bonchev–Trinajstić information content (AvgIpc) is 3.30. The van der Waals surface area contributed by atoms with Gasteiger partial charge in [-0.3, -0.25) is 9.79 Å². The molecule has 4 rings (SSSR count). The second kappa shape index (κ2) is 9.75. The van der Waals surface area contributed by atoms with Crippen LogP contribution in [0.2, 0.25) is 5.02 Å². The van der Waals surface area contributed by atoms with Gasteiger partial charge in [0.25, 0.3) is 0 Å². The first-order valence-electron chi connectivity index (χ1n) is 9.53. The fourth-order valence-electron chi connectivity index (χ4n) is 3.70. The summed E-state index contributed by atoms with van der Waals surface area (Å²) in [5, 5.41) is 12.5. The van der Waals surface area contributed by atoms with Gasteiger partial charge in [0.15, 0.2) is 11.8 Å². The Bertz CT molecular complexity index is 883. The van der Waals surface area contributed by atoms with Crippen molar-refractivity contribution in [3.63, 3.8) is 0 Å². The summed E-state index contributed by atoms with van der Waals surface area (Å²) in [7, 11) is 1.74. The molecule has 1 aromatic carbocycles. The van der Waals surface area contributed by atoms with E-state index in [1.807, 2.05) is 34.1 Å². The van der Waals surface area contributed by atoms with Crippen LogP contribution in [0.4, 0.5) is 0 Å². The number of carbonyl (C=O) groups is 1. The molecule has 10 heteroatoms. The second-order valence-corrected chi connectivity index (χ2v) is 7.49. The summed E-state index contributed by atoms with van der Waals surface area (Å²) in [6, 6.07) is 7.62. The van der Waals surface area contributed by atoms with E-state index in [4.69, 9.17) is 11.6 Å². The van der Waals surface area contributed by atoms with Crippen molar-refractivity contribution in [2.45, 2.75) is 32.5 Å². The summed E-state index contributed by atoms with van der Waals surface area (Å²) >= 11 is 5.93. The van der Waals surface area contributed by atoms with E-state index in [0.29, 0.717) is 31.2 Å². The molecule has 3 heterocycles. The van der Waals surface area contributed by atoms with E-state index in [1.165, 1.54) is 0 Å². The lowest BCUT2D eigenvalue weighted by Gasteiger charge is -2.36. The number of amides is 1. The highest BCUT2D eigenvalue weighted by molar-refractivity contribution is 14.0. The first-order chi connectivity index (χ1) is 13.6. The summed E-state index contributed by atoms with van der Waals surface area (Å²) in [5.41, 5.74) is 1.08. The predicted octanol–water partition coefficient (Wildman–Crippen LogP) is 1.92. The molecule has 0 spiro atoms. The van der Waals surface area contributed by atoms with Gasteiger partial charge in [-0.1, -0.05) is 23.7 Å². The van der Waals surface area contributed by atoms with Crippen molar-refractivity contribution in [2.75, 3.05) is 26.7 Å². The Kier molecular flexibility index (Phi) is 7.33. The number of piperazine rings is 1. The molecular formula is C19H25ClIN7O. The van der Waals surface area contributed by atoms with Crippen molar-refractivity contribution in [3.05, 3.63) is 46.5 Å². The molecule has 1 saturated heterocycles. The molecule has 1 aromatic heterocycles. The van der Waals surface area contributed by atoms with Crippen LogP contribution in [0.15, 0.2) is 29.3 Å². The van der Waals surface area contributed by atoms with Gasteiger partial charge in [-0.2, -0.15) is 0 Å². The number of fused-ring (bicyclic) bond motifs is 1. The number of nitrogens with one attached hydrogen (secondary N) is 1. The lowest BCUT2D eigenvalue weighted by atomic mass is 10.2. The van der Waals surface area contributed by atoms with Crippen molar-refractivity contribution in [1.29, 1.82) is 0 Å². The van der Waals surface area contributed by atoms with Crippen LogP contribution in [-0.2, 0) is 30.8 Å². The van der Waals surface area contributed by atoms with Gasteiger partial charge in [-0.15, -0.1) is 34.2 Å². The number of benzene rings is 1. The van der Waals surface area contributed by atoms with Crippen LogP contribution >= 0.6 is 35.6 Å². The number of aliphatic imine (C=N–C) groups is 1. The number of aryl methyl sites for hydroxylation is 1. The molecule has 29 heavy (non-hydrogen) atoms. The highest BCUT2D eigenvalue weighted by Gasteiger charge is 2.26. The minimum Gasteiger partial charge on any atom is -0.349 e. The molecule has 0 bridgehead atoms. The fraction of sp³-hybridized carbons (Fsp3) is 0.474. The van der Waals surface area contributed by atoms with Crippen LogP contribution in [-0.4, -0.2) is 63.1 Å². The smallest absolute Gasteiger partial charge is 0.242 e. The Morgan fingerprint density at radius 3 is 2.72 bits per heavy atom. The number of aromatic nitrogens is 3. The molecule has 156 valence electrons. The molecule has 0 unspecified atom stereocenters. The van der Waals surface area contributed by atoms with Gasteiger partial charge in [0, 0.05) is 44.7 Å². The maximum Gasteiger partial charge on any atom is 0.242 e. The maximum atomic E-state index is 12.6. The van der Waals surface area contributed by atoms with Crippen LogP contribution in [0.25, 0.3) is 0 Å². The number of rotatable bonds is 4. The lowest BCUT2D eigenvalue weighted by molar-refractivity contribution is -0.135. The van der Waals surface area contributed by atoms with E-state index < -0.39 is 0 Å². The van der Waals surface area contributed by atoms with Gasteiger partial charge in [-0.25, -0.2) is 0 Å². The molecule has 1 amide bonds. The molecule has 0 radical (unpaired) electrons. The number of hydrogen-bond donors (Lipinski definition) is 1. The van der Waals surface area contributed by atoms with E-state index in [2.05, 4.69) is 25.1 Å². The first kappa shape index (κ1) is 21.8. The Morgan fingerprint density at radius 2 is 2.00 bits per heavy atom. The lowest BCUT2D eigenvalue weighted by Crippen LogP contribution is -2.54. The number of halogens is 2. The Balaban J connectivity index is 0.00000240. The van der Waals surface area contributed by atoms with E-state index in [0.717, 1.165) is 49.1 Å². The quantitative estimate of drug-likeness (QED) is 0.372. The highest BCUT2D eigenvalue weighted by Crippen LogP contribution is 2.15. The zero-order chi connectivity index (χ0) is 19.5. The van der Waals surface area contributed by atoms with E-state index in [-0.39, 0.29) is 29.9 Å². The molecule has 1 N–H and O–H groups in total. The summed E-state index contributed by atoms with van der Waals surface area (Å²) in [5.74, 6) is 2.78. The number of hydrogen-bond acceptors (Lipinski definition) is 4. The van der Waals surface area contributed by atoms with Gasteiger partial charge >= 0.3 is 0 Å². The van der Waals surface area contributed by atoms with Gasteiger partial charge in [0.1, 0.15) is 5.82 Å². The minimum atomic E-state index is 0. The summed E-state index contributed by atoms with van der Waals surface area (Å²) < 4.78 is 2.16. The fourth-order valence-corrected chi connectivity index (χ4v) is 3.82. The number of carbonyl (C=O) groups excluding carboxylic acids is 1. The van der Waals surface area contributed by atoms with E-state index >= 15 is 0 Å². The number of nitrogens with zero attached hydrogens (tertiary/aromatic N) is 6. The zero-order valence-corrected chi connectivity index (χ0v) is 19.4. The summed E-state index contributed by atoms with van der Waals surface area (Å²) in [4.78, 5) is 20.8. The summed E-state index contributed by atoms with van der Waals surface area (Å²) in [6.07, 6.45) is 2.11. The molecule has 2 aliphatic rings. The third-order valence-corrected chi connectivity index (χ3v) is 5.46. The van der Waals surface area contributed by atoms with Gasteiger partial charge in [0.05, 0.1) is 13.1 Å². The molecular weight excluding hydrogens is 505 g/mol. The number of guanidine groups is 1. The molecule has 2 aromatic rings.